The molecule has 2 fully saturated rings. The van der Waals surface area contributed by atoms with Crippen LogP contribution in [0.3, 0.4) is 0 Å². The Morgan fingerprint density at radius 3 is 2.63 bits per heavy atom. The molecular weight excluding hydrogens is 251 g/mol. The van der Waals surface area contributed by atoms with E-state index in [2.05, 4.69) is 0 Å². The predicted molar refractivity (Wildman–Crippen MR) is 68.9 cm³/mol. The van der Waals surface area contributed by atoms with Crippen molar-refractivity contribution in [2.45, 2.75) is 38.6 Å². The van der Waals surface area contributed by atoms with Gasteiger partial charge in [0.1, 0.15) is 11.8 Å². The summed E-state index contributed by atoms with van der Waals surface area (Å²) in [5, 5.41) is 0. The summed E-state index contributed by atoms with van der Waals surface area (Å²) in [4.78, 5) is 15.6. The zero-order valence-corrected chi connectivity index (χ0v) is 11.9. The lowest BCUT2D eigenvalue weighted by molar-refractivity contribution is -0.0663. The molecule has 2 saturated heterocycles. The standard InChI is InChI=1S/C13H23FN2O3/c1-13(2,3)19-12(17)16-4-5-18-11(9-16)8-15-6-10(14)7-15/h10-11H,4-9H2,1-3H3/t11-/m0/s1. The van der Waals surface area contributed by atoms with Crippen molar-refractivity contribution < 1.29 is 18.7 Å². The highest BCUT2D eigenvalue weighted by molar-refractivity contribution is 5.68. The Hall–Kier alpha value is -0.880. The third kappa shape index (κ3) is 4.31. The van der Waals surface area contributed by atoms with E-state index in [4.69, 9.17) is 9.47 Å². The quantitative estimate of drug-likeness (QED) is 0.760. The maximum absolute atomic E-state index is 12.7. The van der Waals surface area contributed by atoms with Crippen molar-refractivity contribution in [2.75, 3.05) is 39.3 Å². The summed E-state index contributed by atoms with van der Waals surface area (Å²) in [6.45, 7) is 8.77. The van der Waals surface area contributed by atoms with Crippen LogP contribution in [-0.2, 0) is 9.47 Å². The highest BCUT2D eigenvalue weighted by Crippen LogP contribution is 2.16. The first-order chi connectivity index (χ1) is 8.83. The SMILES string of the molecule is CC(C)(C)OC(=O)N1CCO[C@@H](CN2CC(F)C2)C1. The molecule has 0 aromatic rings. The first-order valence-electron chi connectivity index (χ1n) is 6.79. The molecule has 0 unspecified atom stereocenters. The molecule has 0 aliphatic carbocycles. The van der Waals surface area contributed by atoms with Gasteiger partial charge in [-0.25, -0.2) is 9.18 Å². The molecule has 0 radical (unpaired) electrons. The fourth-order valence-corrected chi connectivity index (χ4v) is 2.27. The Kier molecular flexibility index (Phi) is 4.30. The second-order valence-corrected chi connectivity index (χ2v) is 6.23. The smallest absolute Gasteiger partial charge is 0.410 e. The van der Waals surface area contributed by atoms with Gasteiger partial charge in [-0.3, -0.25) is 4.90 Å². The minimum atomic E-state index is -0.703. The molecular formula is C13H23FN2O3. The van der Waals surface area contributed by atoms with Crippen LogP contribution in [0.1, 0.15) is 20.8 Å². The van der Waals surface area contributed by atoms with Crippen LogP contribution in [0.5, 0.6) is 0 Å². The Balaban J connectivity index is 1.78. The summed E-state index contributed by atoms with van der Waals surface area (Å²) in [6.07, 6.45) is -1.05. The zero-order chi connectivity index (χ0) is 14.0. The van der Waals surface area contributed by atoms with Gasteiger partial charge in [-0.1, -0.05) is 0 Å². The van der Waals surface area contributed by atoms with Gasteiger partial charge >= 0.3 is 6.09 Å². The van der Waals surface area contributed by atoms with Gasteiger partial charge in [0, 0.05) is 26.2 Å². The van der Waals surface area contributed by atoms with E-state index in [-0.39, 0.29) is 12.2 Å². The molecule has 2 aliphatic heterocycles. The number of hydrogen-bond acceptors (Lipinski definition) is 4. The predicted octanol–water partition coefficient (Wildman–Crippen LogP) is 1.28. The Bertz CT molecular complexity index is 326. The summed E-state index contributed by atoms with van der Waals surface area (Å²) in [5.41, 5.74) is -0.482. The van der Waals surface area contributed by atoms with E-state index in [1.807, 2.05) is 25.7 Å². The van der Waals surface area contributed by atoms with E-state index in [1.165, 1.54) is 0 Å². The van der Waals surface area contributed by atoms with Crippen LogP contribution in [0.4, 0.5) is 9.18 Å². The summed E-state index contributed by atoms with van der Waals surface area (Å²) in [5.74, 6) is 0. The van der Waals surface area contributed by atoms with Gasteiger partial charge in [-0.2, -0.15) is 0 Å². The highest BCUT2D eigenvalue weighted by Gasteiger charge is 2.32. The number of morpholine rings is 1. The molecule has 2 rings (SSSR count). The average molecular weight is 274 g/mol. The van der Waals surface area contributed by atoms with E-state index in [1.54, 1.807) is 4.90 Å². The number of likely N-dealkylation sites (tertiary alicyclic amines) is 1. The molecule has 0 spiro atoms. The lowest BCUT2D eigenvalue weighted by Crippen LogP contribution is -2.56. The van der Waals surface area contributed by atoms with Gasteiger partial charge < -0.3 is 14.4 Å². The highest BCUT2D eigenvalue weighted by atomic mass is 19.1. The molecule has 0 saturated carbocycles. The molecule has 0 bridgehead atoms. The first-order valence-corrected chi connectivity index (χ1v) is 6.79. The summed E-state index contributed by atoms with van der Waals surface area (Å²) >= 11 is 0. The second-order valence-electron chi connectivity index (χ2n) is 6.23. The van der Waals surface area contributed by atoms with Crippen LogP contribution in [0.2, 0.25) is 0 Å². The van der Waals surface area contributed by atoms with Crippen molar-refractivity contribution in [3.63, 3.8) is 0 Å². The lowest BCUT2D eigenvalue weighted by atomic mass is 10.1. The number of halogens is 1. The van der Waals surface area contributed by atoms with Gasteiger partial charge in [0.15, 0.2) is 0 Å². The number of carbonyl (C=O) groups excluding carboxylic acids is 1. The van der Waals surface area contributed by atoms with Gasteiger partial charge in [0.2, 0.25) is 0 Å². The lowest BCUT2D eigenvalue weighted by Gasteiger charge is -2.40. The number of ether oxygens (including phenoxy) is 2. The van der Waals surface area contributed by atoms with Crippen LogP contribution < -0.4 is 0 Å². The first kappa shape index (κ1) is 14.5. The molecule has 0 N–H and O–H groups in total. The largest absolute Gasteiger partial charge is 0.444 e. The molecule has 0 aromatic heterocycles. The third-order valence-corrected chi connectivity index (χ3v) is 3.16. The second kappa shape index (κ2) is 5.63. The maximum atomic E-state index is 12.7. The molecule has 5 nitrogen and oxygen atoms in total. The van der Waals surface area contributed by atoms with E-state index >= 15 is 0 Å². The minimum Gasteiger partial charge on any atom is -0.444 e. The van der Waals surface area contributed by atoms with Crippen molar-refractivity contribution >= 4 is 6.09 Å². The van der Waals surface area contributed by atoms with Gasteiger partial charge in [-0.15, -0.1) is 0 Å². The monoisotopic (exact) mass is 274 g/mol. The number of hydrogen-bond donors (Lipinski definition) is 0. The number of rotatable bonds is 2. The summed E-state index contributed by atoms with van der Waals surface area (Å²) in [7, 11) is 0. The average Bonchev–Trinajstić information content (AvgIpc) is 2.25. The molecule has 6 heteroatoms. The van der Waals surface area contributed by atoms with E-state index in [0.717, 1.165) is 0 Å². The topological polar surface area (TPSA) is 42.0 Å². The Morgan fingerprint density at radius 2 is 2.05 bits per heavy atom. The molecule has 1 amide bonds. The summed E-state index contributed by atoms with van der Waals surface area (Å²) < 4.78 is 23.7. The molecule has 2 aliphatic rings. The van der Waals surface area contributed by atoms with Crippen molar-refractivity contribution in [1.29, 1.82) is 0 Å². The maximum Gasteiger partial charge on any atom is 0.410 e. The van der Waals surface area contributed by atoms with E-state index < -0.39 is 11.8 Å². The number of nitrogens with zero attached hydrogens (tertiary/aromatic N) is 2. The zero-order valence-electron chi connectivity index (χ0n) is 11.9. The van der Waals surface area contributed by atoms with Crippen LogP contribution >= 0.6 is 0 Å². The van der Waals surface area contributed by atoms with Crippen LogP contribution in [0, 0.1) is 0 Å². The van der Waals surface area contributed by atoms with E-state index in [9.17, 15) is 9.18 Å². The molecule has 2 heterocycles. The minimum absolute atomic E-state index is 0.0474. The molecule has 110 valence electrons. The van der Waals surface area contributed by atoms with Gasteiger partial charge in [0.25, 0.3) is 0 Å². The van der Waals surface area contributed by atoms with Gasteiger partial charge in [-0.05, 0) is 20.8 Å². The number of carbonyl (C=O) groups is 1. The Labute approximate surface area is 113 Å². The normalized spacial score (nSPS) is 26.1. The van der Waals surface area contributed by atoms with Crippen molar-refractivity contribution in [3.8, 4) is 0 Å². The third-order valence-electron chi connectivity index (χ3n) is 3.16. The number of amides is 1. The van der Waals surface area contributed by atoms with Crippen molar-refractivity contribution in [2.24, 2.45) is 0 Å². The van der Waals surface area contributed by atoms with Crippen molar-refractivity contribution in [1.82, 2.24) is 9.80 Å². The molecule has 19 heavy (non-hydrogen) atoms. The van der Waals surface area contributed by atoms with Crippen molar-refractivity contribution in [3.05, 3.63) is 0 Å². The fourth-order valence-electron chi connectivity index (χ4n) is 2.27. The number of alkyl halides is 1. The van der Waals surface area contributed by atoms with E-state index in [0.29, 0.717) is 39.3 Å². The van der Waals surface area contributed by atoms with Gasteiger partial charge in [0.05, 0.1) is 19.3 Å². The van der Waals surface area contributed by atoms with Crippen LogP contribution in [0.15, 0.2) is 0 Å². The molecule has 1 atom stereocenters. The van der Waals surface area contributed by atoms with Crippen LogP contribution in [0.25, 0.3) is 0 Å². The van der Waals surface area contributed by atoms with Crippen LogP contribution in [-0.4, -0.2) is 73.1 Å². The fraction of sp³-hybridized carbons (Fsp3) is 0.923. The Morgan fingerprint density at radius 1 is 1.37 bits per heavy atom. The summed E-state index contributed by atoms with van der Waals surface area (Å²) in [6, 6.07) is 0. The molecule has 0 aromatic carbocycles.